The molecule has 2 nitrogen and oxygen atoms in total. The van der Waals surface area contributed by atoms with Crippen molar-refractivity contribution in [1.29, 1.82) is 0 Å². The van der Waals surface area contributed by atoms with Crippen LogP contribution in [0.5, 0.6) is 0 Å². The third-order valence-corrected chi connectivity index (χ3v) is 4.78. The normalized spacial score (nSPS) is 13.0. The van der Waals surface area contributed by atoms with Gasteiger partial charge in [0.15, 0.2) is 0 Å². The van der Waals surface area contributed by atoms with Crippen molar-refractivity contribution in [3.63, 3.8) is 0 Å². The maximum Gasteiger partial charge on any atom is 0.0931 e. The Hall–Kier alpha value is 0.0900. The van der Waals surface area contributed by atoms with E-state index in [1.807, 2.05) is 12.1 Å². The Morgan fingerprint density at radius 3 is 2.73 bits per heavy atom. The SMILES string of the molecule is NNC(c1csc(Br)c1)c1ccc(Cl)s1. The van der Waals surface area contributed by atoms with Crippen molar-refractivity contribution >= 4 is 50.2 Å². The molecule has 0 saturated heterocycles. The summed E-state index contributed by atoms with van der Waals surface area (Å²) in [7, 11) is 0. The average molecular weight is 324 g/mol. The van der Waals surface area contributed by atoms with Gasteiger partial charge in [-0.15, -0.1) is 22.7 Å². The van der Waals surface area contributed by atoms with Gasteiger partial charge >= 0.3 is 0 Å². The molecule has 0 bridgehead atoms. The van der Waals surface area contributed by atoms with Crippen LogP contribution >= 0.6 is 50.2 Å². The maximum absolute atomic E-state index is 5.90. The molecule has 1 atom stereocenters. The lowest BCUT2D eigenvalue weighted by molar-refractivity contribution is 0.648. The Bertz CT molecular complexity index is 414. The summed E-state index contributed by atoms with van der Waals surface area (Å²) in [5.41, 5.74) is 3.95. The number of nitrogens with one attached hydrogen (secondary N) is 1. The van der Waals surface area contributed by atoms with Crippen molar-refractivity contribution in [3.05, 3.63) is 42.1 Å². The lowest BCUT2D eigenvalue weighted by Gasteiger charge is -2.11. The third-order valence-electron chi connectivity index (χ3n) is 1.97. The van der Waals surface area contributed by atoms with Gasteiger partial charge in [0.1, 0.15) is 0 Å². The molecule has 1 unspecified atom stereocenters. The zero-order valence-corrected chi connectivity index (χ0v) is 11.5. The number of hydrogen-bond donors (Lipinski definition) is 2. The molecule has 2 rings (SSSR count). The van der Waals surface area contributed by atoms with Crippen molar-refractivity contribution in [2.24, 2.45) is 5.84 Å². The first-order chi connectivity index (χ1) is 7.20. The van der Waals surface area contributed by atoms with Crippen molar-refractivity contribution in [2.45, 2.75) is 6.04 Å². The van der Waals surface area contributed by atoms with Gasteiger partial charge in [-0.05, 0) is 45.1 Å². The van der Waals surface area contributed by atoms with E-state index in [2.05, 4.69) is 32.8 Å². The van der Waals surface area contributed by atoms with Gasteiger partial charge in [-0.1, -0.05) is 11.6 Å². The van der Waals surface area contributed by atoms with Gasteiger partial charge in [-0.25, -0.2) is 5.43 Å². The summed E-state index contributed by atoms with van der Waals surface area (Å²) in [4.78, 5) is 1.12. The van der Waals surface area contributed by atoms with Gasteiger partial charge < -0.3 is 0 Å². The second kappa shape index (κ2) is 4.95. The van der Waals surface area contributed by atoms with Gasteiger partial charge in [0.25, 0.3) is 0 Å². The fourth-order valence-corrected chi connectivity index (χ4v) is 3.65. The highest BCUT2D eigenvalue weighted by atomic mass is 79.9. The first kappa shape index (κ1) is 11.6. The smallest absolute Gasteiger partial charge is 0.0931 e. The van der Waals surface area contributed by atoms with E-state index in [0.717, 1.165) is 18.6 Å². The van der Waals surface area contributed by atoms with E-state index in [4.69, 9.17) is 17.4 Å². The quantitative estimate of drug-likeness (QED) is 0.666. The molecule has 0 radical (unpaired) electrons. The van der Waals surface area contributed by atoms with Gasteiger partial charge in [-0.2, -0.15) is 0 Å². The molecule has 0 saturated carbocycles. The maximum atomic E-state index is 5.90. The van der Waals surface area contributed by atoms with Crippen LogP contribution in [0.15, 0.2) is 27.4 Å². The summed E-state index contributed by atoms with van der Waals surface area (Å²) in [5.74, 6) is 5.56. The van der Waals surface area contributed by atoms with Crippen LogP contribution < -0.4 is 11.3 Å². The van der Waals surface area contributed by atoms with E-state index >= 15 is 0 Å². The second-order valence-electron chi connectivity index (χ2n) is 2.93. The highest BCUT2D eigenvalue weighted by Crippen LogP contribution is 2.33. The van der Waals surface area contributed by atoms with E-state index in [1.165, 1.54) is 11.3 Å². The summed E-state index contributed by atoms with van der Waals surface area (Å²) in [5, 5.41) is 2.07. The minimum absolute atomic E-state index is 0.0186. The minimum Gasteiger partial charge on any atom is -0.271 e. The summed E-state index contributed by atoms with van der Waals surface area (Å²) in [6, 6.07) is 5.95. The average Bonchev–Trinajstić information content (AvgIpc) is 2.78. The lowest BCUT2D eigenvalue weighted by atomic mass is 10.1. The number of hydrazine groups is 1. The first-order valence-electron chi connectivity index (χ1n) is 4.16. The highest BCUT2D eigenvalue weighted by molar-refractivity contribution is 9.11. The molecule has 0 amide bonds. The monoisotopic (exact) mass is 322 g/mol. The Balaban J connectivity index is 2.32. The highest BCUT2D eigenvalue weighted by Gasteiger charge is 2.15. The number of hydrogen-bond acceptors (Lipinski definition) is 4. The van der Waals surface area contributed by atoms with E-state index in [0.29, 0.717) is 0 Å². The van der Waals surface area contributed by atoms with Crippen LogP contribution in [0.1, 0.15) is 16.5 Å². The van der Waals surface area contributed by atoms with E-state index in [-0.39, 0.29) is 6.04 Å². The molecule has 0 fully saturated rings. The van der Waals surface area contributed by atoms with E-state index in [1.54, 1.807) is 11.3 Å². The van der Waals surface area contributed by atoms with E-state index < -0.39 is 0 Å². The standard InChI is InChI=1S/C9H8BrClN2S2/c10-7-3-5(4-14-7)9(13-12)6-1-2-8(11)15-6/h1-4,9,13H,12H2. The minimum atomic E-state index is 0.0186. The van der Waals surface area contributed by atoms with Crippen LogP contribution in [0.2, 0.25) is 4.34 Å². The zero-order chi connectivity index (χ0) is 10.8. The summed E-state index contributed by atoms with van der Waals surface area (Å²) in [6.45, 7) is 0. The van der Waals surface area contributed by atoms with Crippen LogP contribution in [0.3, 0.4) is 0 Å². The van der Waals surface area contributed by atoms with Crippen molar-refractivity contribution < 1.29 is 0 Å². The fourth-order valence-electron chi connectivity index (χ4n) is 1.30. The van der Waals surface area contributed by atoms with Crippen LogP contribution in [-0.4, -0.2) is 0 Å². The zero-order valence-electron chi connectivity index (χ0n) is 7.54. The molecule has 80 valence electrons. The largest absolute Gasteiger partial charge is 0.271 e. The van der Waals surface area contributed by atoms with Crippen molar-refractivity contribution in [3.8, 4) is 0 Å². The first-order valence-corrected chi connectivity index (χ1v) is 7.02. The number of nitrogens with two attached hydrogens (primary N) is 1. The third kappa shape index (κ3) is 2.61. The number of thiophene rings is 2. The van der Waals surface area contributed by atoms with E-state index in [9.17, 15) is 0 Å². The van der Waals surface area contributed by atoms with Crippen LogP contribution in [-0.2, 0) is 0 Å². The Morgan fingerprint density at radius 2 is 2.27 bits per heavy atom. The van der Waals surface area contributed by atoms with Crippen LogP contribution in [0.25, 0.3) is 0 Å². The lowest BCUT2D eigenvalue weighted by Crippen LogP contribution is -2.27. The molecular weight excluding hydrogens is 316 g/mol. The molecule has 0 aromatic carbocycles. The second-order valence-corrected chi connectivity index (χ2v) is 6.96. The molecule has 0 spiro atoms. The molecule has 2 heterocycles. The topological polar surface area (TPSA) is 38.0 Å². The Morgan fingerprint density at radius 1 is 1.47 bits per heavy atom. The molecule has 0 aliphatic carbocycles. The molecule has 0 aliphatic heterocycles. The van der Waals surface area contributed by atoms with Gasteiger partial charge in [0.05, 0.1) is 14.2 Å². The molecule has 0 aliphatic rings. The Kier molecular flexibility index (Phi) is 3.82. The fraction of sp³-hybridized carbons (Fsp3) is 0.111. The van der Waals surface area contributed by atoms with Gasteiger partial charge in [-0.3, -0.25) is 5.84 Å². The predicted molar refractivity (Wildman–Crippen MR) is 70.5 cm³/mol. The van der Waals surface area contributed by atoms with Gasteiger partial charge in [0.2, 0.25) is 0 Å². The summed E-state index contributed by atoms with van der Waals surface area (Å²) in [6.07, 6.45) is 0. The molecule has 2 aromatic rings. The summed E-state index contributed by atoms with van der Waals surface area (Å²) >= 11 is 12.5. The molecular formula is C9H8BrClN2S2. The number of rotatable bonds is 3. The van der Waals surface area contributed by atoms with Crippen molar-refractivity contribution in [2.75, 3.05) is 0 Å². The van der Waals surface area contributed by atoms with Gasteiger partial charge in [0, 0.05) is 4.88 Å². The molecule has 6 heteroatoms. The Labute approximate surface area is 109 Å². The molecule has 15 heavy (non-hydrogen) atoms. The molecule has 3 N–H and O–H groups in total. The van der Waals surface area contributed by atoms with Crippen LogP contribution in [0.4, 0.5) is 0 Å². The summed E-state index contributed by atoms with van der Waals surface area (Å²) < 4.78 is 1.87. The van der Waals surface area contributed by atoms with Crippen molar-refractivity contribution in [1.82, 2.24) is 5.43 Å². The molecule has 2 aromatic heterocycles. The van der Waals surface area contributed by atoms with Crippen LogP contribution in [0, 0.1) is 0 Å². The predicted octanol–water partition coefficient (Wildman–Crippen LogP) is 3.78. The number of halogens is 2.